The molecule has 2 heterocycles. The molecule has 3 heteroatoms. The molecule has 0 aliphatic carbocycles. The number of phenolic OH excluding ortho intramolecular Hbond substituents is 1. The Morgan fingerprint density at radius 2 is 1.88 bits per heavy atom. The molecule has 78 valence electrons. The van der Waals surface area contributed by atoms with E-state index in [4.69, 9.17) is 0 Å². The van der Waals surface area contributed by atoms with E-state index in [1.54, 1.807) is 12.3 Å². The normalized spacial score (nSPS) is 10.8. The monoisotopic (exact) mass is 210 g/mol. The van der Waals surface area contributed by atoms with Crippen LogP contribution in [0.1, 0.15) is 0 Å². The first-order chi connectivity index (χ1) is 7.86. The van der Waals surface area contributed by atoms with Crippen LogP contribution in [-0.4, -0.2) is 14.5 Å². The Morgan fingerprint density at radius 1 is 1.00 bits per heavy atom. The lowest BCUT2D eigenvalue weighted by molar-refractivity contribution is 0.477. The van der Waals surface area contributed by atoms with E-state index in [1.165, 1.54) is 0 Å². The van der Waals surface area contributed by atoms with Crippen LogP contribution in [0.2, 0.25) is 0 Å². The summed E-state index contributed by atoms with van der Waals surface area (Å²) in [6, 6.07) is 13.1. The standard InChI is InChI=1S/C13H10N2O/c16-12-6-2-1-4-10(12)11-5-3-7-13-14-8-9-15(11)13/h1-9,16H. The van der Waals surface area contributed by atoms with Crippen LogP contribution in [0, 0.1) is 0 Å². The summed E-state index contributed by atoms with van der Waals surface area (Å²) < 4.78 is 1.95. The molecular formula is C13H10N2O. The second kappa shape index (κ2) is 3.38. The van der Waals surface area contributed by atoms with Gasteiger partial charge in [0.25, 0.3) is 0 Å². The first-order valence-corrected chi connectivity index (χ1v) is 5.07. The molecule has 0 atom stereocenters. The van der Waals surface area contributed by atoms with Crippen LogP contribution >= 0.6 is 0 Å². The Kier molecular flexibility index (Phi) is 1.90. The third kappa shape index (κ3) is 1.26. The van der Waals surface area contributed by atoms with Crippen molar-refractivity contribution in [3.05, 3.63) is 54.9 Å². The zero-order valence-electron chi connectivity index (χ0n) is 8.54. The van der Waals surface area contributed by atoms with Gasteiger partial charge in [0.1, 0.15) is 11.4 Å². The van der Waals surface area contributed by atoms with Crippen molar-refractivity contribution < 1.29 is 5.11 Å². The van der Waals surface area contributed by atoms with Crippen LogP contribution in [-0.2, 0) is 0 Å². The van der Waals surface area contributed by atoms with Gasteiger partial charge in [-0.3, -0.25) is 4.40 Å². The lowest BCUT2D eigenvalue weighted by atomic mass is 10.1. The Labute approximate surface area is 92.6 Å². The van der Waals surface area contributed by atoms with Gasteiger partial charge in [0.05, 0.1) is 5.69 Å². The summed E-state index contributed by atoms with van der Waals surface area (Å²) >= 11 is 0. The summed E-state index contributed by atoms with van der Waals surface area (Å²) in [6.07, 6.45) is 3.63. The Hall–Kier alpha value is -2.29. The van der Waals surface area contributed by atoms with Gasteiger partial charge in [0.2, 0.25) is 0 Å². The highest BCUT2D eigenvalue weighted by atomic mass is 16.3. The maximum atomic E-state index is 9.83. The van der Waals surface area contributed by atoms with Crippen molar-refractivity contribution in [2.75, 3.05) is 0 Å². The lowest BCUT2D eigenvalue weighted by Gasteiger charge is -2.07. The van der Waals surface area contributed by atoms with Crippen LogP contribution in [0.5, 0.6) is 5.75 Å². The molecule has 0 saturated heterocycles. The molecule has 3 aromatic rings. The smallest absolute Gasteiger partial charge is 0.137 e. The molecule has 0 bridgehead atoms. The highest BCUT2D eigenvalue weighted by Gasteiger charge is 2.06. The number of fused-ring (bicyclic) bond motifs is 1. The number of hydrogen-bond acceptors (Lipinski definition) is 2. The van der Waals surface area contributed by atoms with Crippen molar-refractivity contribution >= 4 is 5.65 Å². The maximum absolute atomic E-state index is 9.83. The molecule has 0 spiro atoms. The van der Waals surface area contributed by atoms with Gasteiger partial charge in [-0.15, -0.1) is 0 Å². The van der Waals surface area contributed by atoms with Crippen molar-refractivity contribution in [3.8, 4) is 17.0 Å². The predicted octanol–water partition coefficient (Wildman–Crippen LogP) is 2.71. The fraction of sp³-hybridized carbons (Fsp3) is 0. The van der Waals surface area contributed by atoms with Gasteiger partial charge >= 0.3 is 0 Å². The topological polar surface area (TPSA) is 37.5 Å². The summed E-state index contributed by atoms with van der Waals surface area (Å²) in [6.45, 7) is 0. The van der Waals surface area contributed by atoms with Gasteiger partial charge in [-0.2, -0.15) is 0 Å². The van der Waals surface area contributed by atoms with Gasteiger partial charge < -0.3 is 5.11 Å². The van der Waals surface area contributed by atoms with Crippen LogP contribution < -0.4 is 0 Å². The number of phenols is 1. The van der Waals surface area contributed by atoms with E-state index in [2.05, 4.69) is 4.98 Å². The van der Waals surface area contributed by atoms with Gasteiger partial charge in [-0.1, -0.05) is 18.2 Å². The number of pyridine rings is 1. The number of benzene rings is 1. The first-order valence-electron chi connectivity index (χ1n) is 5.07. The number of rotatable bonds is 1. The third-order valence-corrected chi connectivity index (χ3v) is 2.61. The van der Waals surface area contributed by atoms with E-state index in [0.717, 1.165) is 16.9 Å². The summed E-state index contributed by atoms with van der Waals surface area (Å²) in [5.74, 6) is 0.281. The van der Waals surface area contributed by atoms with Crippen molar-refractivity contribution in [1.82, 2.24) is 9.38 Å². The van der Waals surface area contributed by atoms with E-state index < -0.39 is 0 Å². The van der Waals surface area contributed by atoms with Crippen LogP contribution in [0.4, 0.5) is 0 Å². The first kappa shape index (κ1) is 8.97. The van der Waals surface area contributed by atoms with Gasteiger partial charge in [-0.05, 0) is 24.3 Å². The van der Waals surface area contributed by atoms with Crippen LogP contribution in [0.3, 0.4) is 0 Å². The zero-order chi connectivity index (χ0) is 11.0. The third-order valence-electron chi connectivity index (χ3n) is 2.61. The van der Waals surface area contributed by atoms with Crippen molar-refractivity contribution in [1.29, 1.82) is 0 Å². The molecule has 3 nitrogen and oxygen atoms in total. The number of aromatic hydroxyl groups is 1. The minimum Gasteiger partial charge on any atom is -0.507 e. The Morgan fingerprint density at radius 3 is 2.75 bits per heavy atom. The average Bonchev–Trinajstić information content (AvgIpc) is 2.77. The molecule has 0 unspecified atom stereocenters. The van der Waals surface area contributed by atoms with E-state index in [0.29, 0.717) is 0 Å². The summed E-state index contributed by atoms with van der Waals surface area (Å²) in [4.78, 5) is 4.22. The van der Waals surface area contributed by atoms with Crippen molar-refractivity contribution in [2.24, 2.45) is 0 Å². The highest BCUT2D eigenvalue weighted by Crippen LogP contribution is 2.28. The molecule has 16 heavy (non-hydrogen) atoms. The summed E-state index contributed by atoms with van der Waals surface area (Å²) in [7, 11) is 0. The number of aromatic nitrogens is 2. The summed E-state index contributed by atoms with van der Waals surface area (Å²) in [5.41, 5.74) is 2.62. The molecular weight excluding hydrogens is 200 g/mol. The highest BCUT2D eigenvalue weighted by molar-refractivity contribution is 5.69. The maximum Gasteiger partial charge on any atom is 0.137 e. The minimum atomic E-state index is 0.281. The van der Waals surface area contributed by atoms with Crippen molar-refractivity contribution in [3.63, 3.8) is 0 Å². The Bertz CT molecular complexity index is 643. The Balaban J connectivity index is 2.34. The van der Waals surface area contributed by atoms with Crippen molar-refractivity contribution in [2.45, 2.75) is 0 Å². The largest absolute Gasteiger partial charge is 0.507 e. The molecule has 2 aromatic heterocycles. The van der Waals surface area contributed by atoms with Gasteiger partial charge in [0.15, 0.2) is 0 Å². The molecule has 0 aliphatic heterocycles. The molecule has 1 N–H and O–H groups in total. The molecule has 0 fully saturated rings. The van der Waals surface area contributed by atoms with E-state index in [-0.39, 0.29) is 5.75 Å². The SMILES string of the molecule is Oc1ccccc1-c1cccc2nccn12. The van der Waals surface area contributed by atoms with E-state index in [9.17, 15) is 5.11 Å². The molecule has 0 amide bonds. The van der Waals surface area contributed by atoms with Crippen LogP contribution in [0.25, 0.3) is 16.9 Å². The quantitative estimate of drug-likeness (QED) is 0.670. The number of nitrogens with zero attached hydrogens (tertiary/aromatic N) is 2. The number of imidazole rings is 1. The number of para-hydroxylation sites is 1. The molecule has 3 rings (SSSR count). The molecule has 0 aliphatic rings. The molecule has 0 saturated carbocycles. The second-order valence-corrected chi connectivity index (χ2v) is 3.58. The second-order valence-electron chi connectivity index (χ2n) is 3.58. The fourth-order valence-corrected chi connectivity index (χ4v) is 1.86. The van der Waals surface area contributed by atoms with Gasteiger partial charge in [-0.25, -0.2) is 4.98 Å². The van der Waals surface area contributed by atoms with Crippen LogP contribution in [0.15, 0.2) is 54.9 Å². The predicted molar refractivity (Wildman–Crippen MR) is 62.3 cm³/mol. The zero-order valence-corrected chi connectivity index (χ0v) is 8.54. The fourth-order valence-electron chi connectivity index (χ4n) is 1.86. The summed E-state index contributed by atoms with van der Waals surface area (Å²) in [5, 5.41) is 9.83. The van der Waals surface area contributed by atoms with E-state index in [1.807, 2.05) is 47.0 Å². The molecule has 0 radical (unpaired) electrons. The number of hydrogen-bond donors (Lipinski definition) is 1. The minimum absolute atomic E-state index is 0.281. The lowest BCUT2D eigenvalue weighted by Crippen LogP contribution is -1.90. The van der Waals surface area contributed by atoms with Gasteiger partial charge in [0, 0.05) is 18.0 Å². The van der Waals surface area contributed by atoms with E-state index >= 15 is 0 Å². The average molecular weight is 210 g/mol. The molecule has 1 aromatic carbocycles.